The van der Waals surface area contributed by atoms with Crippen molar-refractivity contribution in [3.8, 4) is 0 Å². The van der Waals surface area contributed by atoms with E-state index >= 15 is 0 Å². The molecule has 0 unspecified atom stereocenters. The normalized spacial score (nSPS) is 42.4. The first-order valence-corrected chi connectivity index (χ1v) is 13.5. The third kappa shape index (κ3) is 1.82. The number of aryl methyl sites for hydroxylation is 2. The maximum absolute atomic E-state index is 14.3. The zero-order valence-electron chi connectivity index (χ0n) is 21.5. The molecule has 0 radical (unpaired) electrons. The summed E-state index contributed by atoms with van der Waals surface area (Å²) >= 11 is 0. The number of benzene rings is 1. The van der Waals surface area contributed by atoms with Crippen LogP contribution in [0.5, 0.6) is 0 Å². The van der Waals surface area contributed by atoms with Crippen molar-refractivity contribution in [1.82, 2.24) is 13.9 Å². The first-order valence-electron chi connectivity index (χ1n) is 13.5. The average Bonchev–Trinajstić information content (AvgIpc) is 3.28. The van der Waals surface area contributed by atoms with Gasteiger partial charge in [-0.15, -0.1) is 0 Å². The quantitative estimate of drug-likeness (QED) is 0.557. The highest BCUT2D eigenvalue weighted by Crippen LogP contribution is 2.72. The van der Waals surface area contributed by atoms with Crippen LogP contribution in [0.3, 0.4) is 0 Å². The van der Waals surface area contributed by atoms with Crippen LogP contribution in [0.4, 0.5) is 0 Å². The molecule has 5 aliphatic carbocycles. The lowest BCUT2D eigenvalue weighted by Crippen LogP contribution is -2.68. The molecule has 2 fully saturated rings. The van der Waals surface area contributed by atoms with Gasteiger partial charge in [-0.05, 0) is 85.0 Å². The van der Waals surface area contributed by atoms with Crippen molar-refractivity contribution in [1.29, 1.82) is 0 Å². The highest BCUT2D eigenvalue weighted by Gasteiger charge is 2.71. The largest absolute Gasteiger partial charge is 0.348 e. The van der Waals surface area contributed by atoms with Crippen LogP contribution >= 0.6 is 0 Å². The van der Waals surface area contributed by atoms with E-state index in [2.05, 4.69) is 71.1 Å². The third-order valence-electron chi connectivity index (χ3n) is 12.5. The van der Waals surface area contributed by atoms with Gasteiger partial charge >= 0.3 is 11.4 Å². The molecule has 0 spiro atoms. The van der Waals surface area contributed by atoms with Gasteiger partial charge in [-0.1, -0.05) is 57.2 Å². The van der Waals surface area contributed by atoms with E-state index in [1.165, 1.54) is 28.7 Å². The smallest absolute Gasteiger partial charge is 0.246 e. The topological polar surface area (TPSA) is 48.9 Å². The molecule has 35 heavy (non-hydrogen) atoms. The third-order valence-corrected chi connectivity index (χ3v) is 12.5. The van der Waals surface area contributed by atoms with Crippen LogP contribution in [-0.2, 0) is 11.8 Å². The Labute approximate surface area is 206 Å². The van der Waals surface area contributed by atoms with Crippen LogP contribution in [0.2, 0.25) is 0 Å². The number of nitrogens with zero attached hydrogens (tertiary/aromatic N) is 3. The predicted molar refractivity (Wildman–Crippen MR) is 136 cm³/mol. The standard InChI is InChI=1S/C30H35N3O2/c1-17-6-7-18(2)24-20(17)11-13-29-14-15-30(24,29)22-9-8-21(29)32-25(34)31(26(35)33(22)32)23-16-19-10-12-28(23,5)27(19,3)4/h6-9,14-15,19,21-23H,10-13,16H2,1-5H3/t19-,21-,22-,23+,28-,29+,30+/m0/s1. The minimum atomic E-state index is -0.240. The molecule has 2 aromatic rings. The van der Waals surface area contributed by atoms with Crippen LogP contribution in [0, 0.1) is 36.0 Å². The second-order valence-electron chi connectivity index (χ2n) is 13.3. The van der Waals surface area contributed by atoms with Crippen LogP contribution < -0.4 is 11.4 Å². The molecule has 0 N–H and O–H groups in total. The van der Waals surface area contributed by atoms with Crippen LogP contribution in [0.25, 0.3) is 0 Å². The number of hydrogen-bond acceptors (Lipinski definition) is 2. The lowest BCUT2D eigenvalue weighted by Gasteiger charge is -2.67. The number of rotatable bonds is 1. The van der Waals surface area contributed by atoms with Crippen molar-refractivity contribution < 1.29 is 0 Å². The number of aromatic nitrogens is 3. The van der Waals surface area contributed by atoms with E-state index < -0.39 is 0 Å². The van der Waals surface area contributed by atoms with Gasteiger partial charge in [0.05, 0.1) is 17.5 Å². The Kier molecular flexibility index (Phi) is 3.36. The molecule has 0 saturated heterocycles. The molecule has 5 nitrogen and oxygen atoms in total. The molecule has 182 valence electrons. The fourth-order valence-corrected chi connectivity index (χ4v) is 10.1. The molecule has 5 heteroatoms. The molecule has 0 amide bonds. The summed E-state index contributed by atoms with van der Waals surface area (Å²) < 4.78 is 5.43. The lowest BCUT2D eigenvalue weighted by atomic mass is 9.40. The zero-order valence-corrected chi connectivity index (χ0v) is 21.5. The summed E-state index contributed by atoms with van der Waals surface area (Å²) in [6, 6.07) is 4.22. The Hall–Kier alpha value is -2.56. The minimum Gasteiger partial charge on any atom is -0.246 e. The van der Waals surface area contributed by atoms with E-state index in [1.807, 2.05) is 9.36 Å². The summed E-state index contributed by atoms with van der Waals surface area (Å²) in [6.07, 6.45) is 14.5. The Morgan fingerprint density at radius 1 is 0.886 bits per heavy atom. The van der Waals surface area contributed by atoms with E-state index in [1.54, 1.807) is 4.57 Å². The Morgan fingerprint density at radius 2 is 1.57 bits per heavy atom. The molecule has 1 aromatic carbocycles. The first-order chi connectivity index (χ1) is 16.6. The summed E-state index contributed by atoms with van der Waals surface area (Å²) in [5, 5.41) is 0. The molecule has 2 saturated carbocycles. The van der Waals surface area contributed by atoms with Crippen molar-refractivity contribution in [2.24, 2.45) is 22.2 Å². The van der Waals surface area contributed by atoms with Crippen molar-refractivity contribution in [2.75, 3.05) is 0 Å². The summed E-state index contributed by atoms with van der Waals surface area (Å²) in [6.45, 7) is 11.5. The monoisotopic (exact) mass is 469 g/mol. The number of fused-ring (bicyclic) bond motifs is 3. The Balaban J connectivity index is 1.39. The molecule has 7 aliphatic rings. The van der Waals surface area contributed by atoms with Crippen LogP contribution in [0.15, 0.2) is 46.0 Å². The van der Waals surface area contributed by atoms with Gasteiger partial charge in [0, 0.05) is 11.5 Å². The van der Waals surface area contributed by atoms with Gasteiger partial charge in [0.2, 0.25) is 0 Å². The number of hydrogen-bond donors (Lipinski definition) is 0. The fourth-order valence-electron chi connectivity index (χ4n) is 10.1. The van der Waals surface area contributed by atoms with Crippen molar-refractivity contribution in [2.45, 2.75) is 90.3 Å². The summed E-state index contributed by atoms with van der Waals surface area (Å²) in [7, 11) is 0. The first kappa shape index (κ1) is 20.6. The van der Waals surface area contributed by atoms with Crippen molar-refractivity contribution >= 4 is 0 Å². The SMILES string of the molecule is Cc1ccc(C)c2c1CC[C@]13C=C[C@@]21[C@@H]1C=C[C@@H]3n2c(=O)n([C@@H]3C[C@@H]4CC[C@]3(C)C4(C)C)c(=O)n21. The summed E-state index contributed by atoms with van der Waals surface area (Å²) in [4.78, 5) is 28.5. The molecule has 4 bridgehead atoms. The zero-order chi connectivity index (χ0) is 24.3. The molecule has 3 heterocycles. The van der Waals surface area contributed by atoms with E-state index in [0.717, 1.165) is 25.7 Å². The van der Waals surface area contributed by atoms with Gasteiger partial charge in [0.1, 0.15) is 0 Å². The van der Waals surface area contributed by atoms with Crippen molar-refractivity contribution in [3.63, 3.8) is 0 Å². The van der Waals surface area contributed by atoms with Crippen LogP contribution in [0.1, 0.15) is 86.8 Å². The van der Waals surface area contributed by atoms with Crippen LogP contribution in [-0.4, -0.2) is 13.9 Å². The number of allylic oxidation sites excluding steroid dienone is 4. The van der Waals surface area contributed by atoms with Gasteiger partial charge in [0.25, 0.3) is 0 Å². The highest BCUT2D eigenvalue weighted by atomic mass is 16.2. The van der Waals surface area contributed by atoms with Gasteiger partial charge in [0.15, 0.2) is 0 Å². The van der Waals surface area contributed by atoms with Crippen molar-refractivity contribution in [3.05, 3.63) is 79.7 Å². The van der Waals surface area contributed by atoms with E-state index in [9.17, 15) is 9.59 Å². The second kappa shape index (κ2) is 5.71. The Bertz CT molecular complexity index is 1530. The predicted octanol–water partition coefficient (Wildman–Crippen LogP) is 4.92. The van der Waals surface area contributed by atoms with Gasteiger partial charge in [-0.25, -0.2) is 23.5 Å². The summed E-state index contributed by atoms with van der Waals surface area (Å²) in [5.41, 5.74) is 5.10. The lowest BCUT2D eigenvalue weighted by molar-refractivity contribution is -0.00767. The van der Waals surface area contributed by atoms with E-state index in [-0.39, 0.29) is 51.2 Å². The molecular weight excluding hydrogens is 434 g/mol. The van der Waals surface area contributed by atoms with E-state index in [0.29, 0.717) is 5.92 Å². The molecule has 1 aromatic heterocycles. The molecule has 9 rings (SSSR count). The molecule has 2 aliphatic heterocycles. The highest BCUT2D eigenvalue weighted by molar-refractivity contribution is 5.61. The summed E-state index contributed by atoms with van der Waals surface area (Å²) in [5.74, 6) is 0.579. The van der Waals surface area contributed by atoms with Gasteiger partial charge in [-0.3, -0.25) is 0 Å². The molecule has 7 atom stereocenters. The molecular formula is C30H35N3O2. The average molecular weight is 470 g/mol. The van der Waals surface area contributed by atoms with E-state index in [4.69, 9.17) is 0 Å². The van der Waals surface area contributed by atoms with Gasteiger partial charge in [-0.2, -0.15) is 0 Å². The maximum Gasteiger partial charge on any atom is 0.348 e. The van der Waals surface area contributed by atoms with Gasteiger partial charge < -0.3 is 0 Å². The fraction of sp³-hybridized carbons (Fsp3) is 0.600. The second-order valence-corrected chi connectivity index (χ2v) is 13.3. The maximum atomic E-state index is 14.3. The minimum absolute atomic E-state index is 0.0137. The Morgan fingerprint density at radius 3 is 2.20 bits per heavy atom.